The second kappa shape index (κ2) is 7.43. The summed E-state index contributed by atoms with van der Waals surface area (Å²) in [7, 11) is 0. The molecule has 0 N–H and O–H groups in total. The average Bonchev–Trinajstić information content (AvgIpc) is 2.60. The van der Waals surface area contributed by atoms with Crippen molar-refractivity contribution >= 4 is 11.8 Å². The number of rotatable bonds is 4. The Morgan fingerprint density at radius 1 is 1.00 bits per heavy atom. The van der Waals surface area contributed by atoms with Crippen LogP contribution in [0.5, 0.6) is 0 Å². The van der Waals surface area contributed by atoms with Crippen LogP contribution in [-0.4, -0.2) is 47.8 Å². The van der Waals surface area contributed by atoms with Gasteiger partial charge in [0.2, 0.25) is 5.91 Å². The van der Waals surface area contributed by atoms with Crippen molar-refractivity contribution in [3.8, 4) is 0 Å². The summed E-state index contributed by atoms with van der Waals surface area (Å²) >= 11 is 0. The van der Waals surface area contributed by atoms with Crippen molar-refractivity contribution in [3.63, 3.8) is 0 Å². The highest BCUT2D eigenvalue weighted by molar-refractivity contribution is 5.94. The van der Waals surface area contributed by atoms with E-state index in [-0.39, 0.29) is 17.7 Å². The Bertz CT molecular complexity index is 516. The molecular formula is C18H26N2O2. The largest absolute Gasteiger partial charge is 0.339 e. The Kier molecular flexibility index (Phi) is 5.58. The van der Waals surface area contributed by atoms with Crippen LogP contribution in [-0.2, 0) is 11.2 Å². The molecule has 0 radical (unpaired) electrons. The van der Waals surface area contributed by atoms with Crippen molar-refractivity contribution in [1.82, 2.24) is 9.80 Å². The average molecular weight is 302 g/mol. The van der Waals surface area contributed by atoms with Crippen molar-refractivity contribution in [2.45, 2.75) is 33.6 Å². The minimum atomic E-state index is 0.0679. The van der Waals surface area contributed by atoms with Crippen LogP contribution in [0.4, 0.5) is 0 Å². The van der Waals surface area contributed by atoms with Gasteiger partial charge in [0.05, 0.1) is 0 Å². The molecule has 1 atom stereocenters. The van der Waals surface area contributed by atoms with E-state index in [1.54, 1.807) is 0 Å². The van der Waals surface area contributed by atoms with Crippen LogP contribution in [0, 0.1) is 5.92 Å². The van der Waals surface area contributed by atoms with Gasteiger partial charge >= 0.3 is 0 Å². The maximum Gasteiger partial charge on any atom is 0.253 e. The van der Waals surface area contributed by atoms with Crippen molar-refractivity contribution in [2.24, 2.45) is 5.92 Å². The van der Waals surface area contributed by atoms with Gasteiger partial charge in [0, 0.05) is 37.7 Å². The molecule has 4 heteroatoms. The zero-order valence-corrected chi connectivity index (χ0v) is 13.8. The van der Waals surface area contributed by atoms with Gasteiger partial charge < -0.3 is 9.80 Å². The predicted octanol–water partition coefficient (Wildman–Crippen LogP) is 2.58. The van der Waals surface area contributed by atoms with Crippen molar-refractivity contribution in [3.05, 3.63) is 35.4 Å². The second-order valence-electron chi connectivity index (χ2n) is 5.98. The van der Waals surface area contributed by atoms with Crippen molar-refractivity contribution in [1.29, 1.82) is 0 Å². The Labute approximate surface area is 133 Å². The summed E-state index contributed by atoms with van der Waals surface area (Å²) in [5, 5.41) is 0. The zero-order chi connectivity index (χ0) is 16.1. The molecule has 1 aromatic rings. The first-order chi connectivity index (χ1) is 10.6. The third kappa shape index (κ3) is 3.67. The number of aryl methyl sites for hydroxylation is 1. The molecule has 0 saturated carbocycles. The van der Waals surface area contributed by atoms with E-state index < -0.39 is 0 Å². The Balaban J connectivity index is 1.93. The molecule has 1 aliphatic heterocycles. The lowest BCUT2D eigenvalue weighted by Crippen LogP contribution is -2.51. The van der Waals surface area contributed by atoms with E-state index in [9.17, 15) is 9.59 Å². The first-order valence-corrected chi connectivity index (χ1v) is 8.23. The van der Waals surface area contributed by atoms with Gasteiger partial charge in [-0.25, -0.2) is 0 Å². The van der Waals surface area contributed by atoms with Gasteiger partial charge in [0.1, 0.15) is 0 Å². The van der Waals surface area contributed by atoms with Crippen LogP contribution >= 0.6 is 0 Å². The summed E-state index contributed by atoms with van der Waals surface area (Å²) in [5.74, 6) is 0.351. The van der Waals surface area contributed by atoms with Crippen LogP contribution in [0.1, 0.15) is 43.1 Å². The highest BCUT2D eigenvalue weighted by atomic mass is 16.2. The smallest absolute Gasteiger partial charge is 0.253 e. The molecule has 1 fully saturated rings. The van der Waals surface area contributed by atoms with E-state index in [4.69, 9.17) is 0 Å². The van der Waals surface area contributed by atoms with Crippen LogP contribution in [0.3, 0.4) is 0 Å². The standard InChI is InChI=1S/C18H26N2O2/c1-4-14(3)17(21)19-10-12-20(13-11-19)18(22)16-8-6-15(5-2)7-9-16/h6-9,14H,4-5,10-13H2,1-3H3. The third-order valence-electron chi connectivity index (χ3n) is 4.52. The van der Waals surface area contributed by atoms with Gasteiger partial charge in [0.25, 0.3) is 5.91 Å². The SMILES string of the molecule is CCc1ccc(C(=O)N2CCN(C(=O)C(C)CC)CC2)cc1. The van der Waals surface area contributed by atoms with E-state index in [2.05, 4.69) is 6.92 Å². The maximum atomic E-state index is 12.5. The number of carbonyl (C=O) groups is 2. The number of hydrogen-bond donors (Lipinski definition) is 0. The molecule has 1 saturated heterocycles. The molecular weight excluding hydrogens is 276 g/mol. The Morgan fingerprint density at radius 2 is 1.55 bits per heavy atom. The molecule has 4 nitrogen and oxygen atoms in total. The topological polar surface area (TPSA) is 40.6 Å². The van der Waals surface area contributed by atoms with E-state index in [1.165, 1.54) is 5.56 Å². The highest BCUT2D eigenvalue weighted by Crippen LogP contribution is 2.13. The molecule has 1 aromatic carbocycles. The van der Waals surface area contributed by atoms with Crippen LogP contribution in [0.25, 0.3) is 0 Å². The van der Waals surface area contributed by atoms with Gasteiger partial charge in [-0.2, -0.15) is 0 Å². The van der Waals surface area contributed by atoms with Crippen LogP contribution in [0.2, 0.25) is 0 Å². The third-order valence-corrected chi connectivity index (χ3v) is 4.52. The first-order valence-electron chi connectivity index (χ1n) is 8.23. The summed E-state index contributed by atoms with van der Waals surface area (Å²) < 4.78 is 0. The van der Waals surface area contributed by atoms with Gasteiger partial charge in [-0.1, -0.05) is 32.9 Å². The van der Waals surface area contributed by atoms with Crippen LogP contribution in [0.15, 0.2) is 24.3 Å². The molecule has 0 bridgehead atoms. The lowest BCUT2D eigenvalue weighted by molar-refractivity contribution is -0.136. The fourth-order valence-electron chi connectivity index (χ4n) is 2.68. The molecule has 2 rings (SSSR count). The van der Waals surface area contributed by atoms with Gasteiger partial charge in [-0.05, 0) is 30.5 Å². The van der Waals surface area contributed by atoms with Gasteiger partial charge in [-0.15, -0.1) is 0 Å². The molecule has 1 unspecified atom stereocenters. The number of hydrogen-bond acceptors (Lipinski definition) is 2. The zero-order valence-electron chi connectivity index (χ0n) is 13.8. The number of piperazine rings is 1. The number of benzene rings is 1. The van der Waals surface area contributed by atoms with Crippen LogP contribution < -0.4 is 0 Å². The van der Waals surface area contributed by atoms with E-state index in [0.29, 0.717) is 26.2 Å². The van der Waals surface area contributed by atoms with Crippen molar-refractivity contribution in [2.75, 3.05) is 26.2 Å². The minimum Gasteiger partial charge on any atom is -0.339 e. The molecule has 1 heterocycles. The van der Waals surface area contributed by atoms with Gasteiger partial charge in [0.15, 0.2) is 0 Å². The van der Waals surface area contributed by atoms with Crippen molar-refractivity contribution < 1.29 is 9.59 Å². The lowest BCUT2D eigenvalue weighted by atomic mass is 10.1. The molecule has 0 aromatic heterocycles. The summed E-state index contributed by atoms with van der Waals surface area (Å²) in [5.41, 5.74) is 1.97. The van der Waals surface area contributed by atoms with E-state index in [0.717, 1.165) is 18.4 Å². The molecule has 2 amide bonds. The fraction of sp³-hybridized carbons (Fsp3) is 0.556. The fourth-order valence-corrected chi connectivity index (χ4v) is 2.68. The van der Waals surface area contributed by atoms with E-state index >= 15 is 0 Å². The maximum absolute atomic E-state index is 12.5. The quantitative estimate of drug-likeness (QED) is 0.857. The number of amides is 2. The highest BCUT2D eigenvalue weighted by Gasteiger charge is 2.26. The van der Waals surface area contributed by atoms with E-state index in [1.807, 2.05) is 47.9 Å². The predicted molar refractivity (Wildman–Crippen MR) is 87.8 cm³/mol. The summed E-state index contributed by atoms with van der Waals surface area (Å²) in [6, 6.07) is 7.82. The first kappa shape index (κ1) is 16.5. The minimum absolute atomic E-state index is 0.0679. The molecule has 120 valence electrons. The normalized spacial score (nSPS) is 16.5. The number of nitrogens with zero attached hydrogens (tertiary/aromatic N) is 2. The summed E-state index contributed by atoms with van der Waals surface area (Å²) in [6.07, 6.45) is 1.84. The monoisotopic (exact) mass is 302 g/mol. The summed E-state index contributed by atoms with van der Waals surface area (Å²) in [6.45, 7) is 8.62. The molecule has 22 heavy (non-hydrogen) atoms. The Morgan fingerprint density at radius 3 is 2.05 bits per heavy atom. The molecule has 1 aliphatic rings. The molecule has 0 aliphatic carbocycles. The second-order valence-corrected chi connectivity index (χ2v) is 5.98. The lowest BCUT2D eigenvalue weighted by Gasteiger charge is -2.36. The number of carbonyl (C=O) groups excluding carboxylic acids is 2. The summed E-state index contributed by atoms with van der Waals surface area (Å²) in [4.78, 5) is 28.4. The van der Waals surface area contributed by atoms with Gasteiger partial charge in [-0.3, -0.25) is 9.59 Å². The molecule has 0 spiro atoms. The Hall–Kier alpha value is -1.84.